The first kappa shape index (κ1) is 21.6. The topological polar surface area (TPSA) is 131 Å². The number of H-pyrrole nitrogens is 1. The van der Waals surface area contributed by atoms with Gasteiger partial charge in [-0.2, -0.15) is 0 Å². The minimum absolute atomic E-state index is 0.0895. The molecule has 2 aromatic heterocycles. The Hall–Kier alpha value is -4.66. The monoisotopic (exact) mass is 445 g/mol. The molecule has 166 valence electrons. The van der Waals surface area contributed by atoms with Gasteiger partial charge >= 0.3 is 12.1 Å². The number of aromatic amines is 1. The molecule has 0 saturated heterocycles. The summed E-state index contributed by atoms with van der Waals surface area (Å²) in [5.41, 5.74) is 1.20. The summed E-state index contributed by atoms with van der Waals surface area (Å²) in [6.45, 7) is 1.81. The molecule has 3 N–H and O–H groups in total. The van der Waals surface area contributed by atoms with E-state index in [1.165, 1.54) is 36.7 Å². The summed E-state index contributed by atoms with van der Waals surface area (Å²) in [6, 6.07) is 13.7. The van der Waals surface area contributed by atoms with Crippen molar-refractivity contribution in [3.8, 4) is 22.8 Å². The average Bonchev–Trinajstić information content (AvgIpc) is 2.80. The standard InChI is InChI=1S/C24H19N3O6/c1-2-32-24(31)27-18-11-15(33-23(30)14-5-4-10-25-13-14)8-9-16(18)19-12-21(29)17-6-3-7-20(28)22(17)26-19/h3-13,28H,2H2,1H3,(H,26,29)(H,27,31). The Morgan fingerprint density at radius 1 is 1.12 bits per heavy atom. The summed E-state index contributed by atoms with van der Waals surface area (Å²) >= 11 is 0. The quantitative estimate of drug-likeness (QED) is 0.312. The smallest absolute Gasteiger partial charge is 0.411 e. The number of ether oxygens (including phenoxy) is 2. The van der Waals surface area contributed by atoms with E-state index in [1.54, 1.807) is 37.3 Å². The summed E-state index contributed by atoms with van der Waals surface area (Å²) in [5, 5.41) is 13.1. The van der Waals surface area contributed by atoms with Crippen molar-refractivity contribution in [2.75, 3.05) is 11.9 Å². The highest BCUT2D eigenvalue weighted by molar-refractivity contribution is 5.94. The zero-order valence-electron chi connectivity index (χ0n) is 17.5. The Balaban J connectivity index is 1.77. The van der Waals surface area contributed by atoms with Gasteiger partial charge in [0.1, 0.15) is 11.5 Å². The number of rotatable bonds is 5. The number of aromatic hydroxyl groups is 1. The Bertz CT molecular complexity index is 1400. The van der Waals surface area contributed by atoms with Gasteiger partial charge in [-0.3, -0.25) is 15.1 Å². The van der Waals surface area contributed by atoms with Crippen molar-refractivity contribution in [2.24, 2.45) is 0 Å². The van der Waals surface area contributed by atoms with Gasteiger partial charge in [0.15, 0.2) is 5.43 Å². The van der Waals surface area contributed by atoms with Crippen molar-refractivity contribution >= 4 is 28.7 Å². The molecular weight excluding hydrogens is 426 g/mol. The fraction of sp³-hybridized carbons (Fsp3) is 0.0833. The highest BCUT2D eigenvalue weighted by atomic mass is 16.5. The van der Waals surface area contributed by atoms with Crippen LogP contribution in [0.4, 0.5) is 10.5 Å². The molecule has 4 aromatic rings. The van der Waals surface area contributed by atoms with Gasteiger partial charge in [0, 0.05) is 35.5 Å². The third-order valence-electron chi connectivity index (χ3n) is 4.74. The van der Waals surface area contributed by atoms with Crippen LogP contribution in [-0.4, -0.2) is 33.7 Å². The number of amides is 1. The van der Waals surface area contributed by atoms with Gasteiger partial charge in [-0.15, -0.1) is 0 Å². The molecule has 1 amide bonds. The van der Waals surface area contributed by atoms with Gasteiger partial charge < -0.3 is 19.6 Å². The molecule has 0 atom stereocenters. The van der Waals surface area contributed by atoms with E-state index in [0.717, 1.165) is 0 Å². The number of hydrogen-bond donors (Lipinski definition) is 3. The second-order valence-electron chi connectivity index (χ2n) is 6.93. The number of hydrogen-bond acceptors (Lipinski definition) is 7. The zero-order chi connectivity index (χ0) is 23.4. The van der Waals surface area contributed by atoms with Crippen molar-refractivity contribution in [2.45, 2.75) is 6.92 Å². The van der Waals surface area contributed by atoms with Crippen LogP contribution in [0.3, 0.4) is 0 Å². The number of carbonyl (C=O) groups is 2. The molecule has 0 saturated carbocycles. The molecule has 0 spiro atoms. The Morgan fingerprint density at radius 3 is 2.73 bits per heavy atom. The van der Waals surface area contributed by atoms with Gasteiger partial charge in [0.05, 0.1) is 29.1 Å². The highest BCUT2D eigenvalue weighted by Gasteiger charge is 2.16. The highest BCUT2D eigenvalue weighted by Crippen LogP contribution is 2.32. The summed E-state index contributed by atoms with van der Waals surface area (Å²) in [7, 11) is 0. The normalized spacial score (nSPS) is 10.6. The third kappa shape index (κ3) is 4.67. The van der Waals surface area contributed by atoms with Crippen molar-refractivity contribution in [3.05, 3.63) is 82.8 Å². The van der Waals surface area contributed by atoms with Crippen LogP contribution >= 0.6 is 0 Å². The van der Waals surface area contributed by atoms with Crippen LogP contribution in [0.15, 0.2) is 71.8 Å². The first-order chi connectivity index (χ1) is 16.0. The molecule has 2 aromatic carbocycles. The summed E-state index contributed by atoms with van der Waals surface area (Å²) in [5.74, 6) is -0.555. The lowest BCUT2D eigenvalue weighted by atomic mass is 10.1. The van der Waals surface area contributed by atoms with Gasteiger partial charge in [-0.25, -0.2) is 9.59 Å². The molecule has 0 bridgehead atoms. The molecule has 4 rings (SSSR count). The van der Waals surface area contributed by atoms with Crippen molar-refractivity contribution < 1.29 is 24.2 Å². The van der Waals surface area contributed by atoms with Gasteiger partial charge in [0.2, 0.25) is 0 Å². The maximum atomic E-state index is 12.6. The van der Waals surface area contributed by atoms with Crippen LogP contribution < -0.4 is 15.5 Å². The Labute approximate surface area is 187 Å². The number of pyridine rings is 2. The van der Waals surface area contributed by atoms with Crippen molar-refractivity contribution in [3.63, 3.8) is 0 Å². The van der Waals surface area contributed by atoms with E-state index in [9.17, 15) is 19.5 Å². The number of phenolic OH excluding ortho intramolecular Hbond substituents is 1. The number of anilines is 1. The number of aromatic nitrogens is 2. The number of benzene rings is 2. The van der Waals surface area contributed by atoms with E-state index in [1.807, 2.05) is 0 Å². The molecule has 2 heterocycles. The fourth-order valence-electron chi connectivity index (χ4n) is 3.25. The Kier molecular flexibility index (Phi) is 6.03. The van der Waals surface area contributed by atoms with E-state index in [4.69, 9.17) is 9.47 Å². The third-order valence-corrected chi connectivity index (χ3v) is 4.74. The van der Waals surface area contributed by atoms with Crippen LogP contribution in [0.2, 0.25) is 0 Å². The van der Waals surface area contributed by atoms with E-state index in [2.05, 4.69) is 15.3 Å². The number of esters is 1. The molecule has 0 radical (unpaired) electrons. The van der Waals surface area contributed by atoms with E-state index >= 15 is 0 Å². The number of nitrogens with one attached hydrogen (secondary N) is 2. The zero-order valence-corrected chi connectivity index (χ0v) is 17.5. The lowest BCUT2D eigenvalue weighted by Gasteiger charge is -2.14. The molecule has 9 nitrogen and oxygen atoms in total. The molecule has 0 aliphatic heterocycles. The van der Waals surface area contributed by atoms with E-state index in [0.29, 0.717) is 16.6 Å². The van der Waals surface area contributed by atoms with Crippen LogP contribution in [-0.2, 0) is 4.74 Å². The fourth-order valence-corrected chi connectivity index (χ4v) is 3.25. The number of para-hydroxylation sites is 1. The largest absolute Gasteiger partial charge is 0.506 e. The minimum atomic E-state index is -0.722. The number of fused-ring (bicyclic) bond motifs is 1. The second-order valence-corrected chi connectivity index (χ2v) is 6.93. The van der Waals surface area contributed by atoms with Crippen molar-refractivity contribution in [1.82, 2.24) is 9.97 Å². The summed E-state index contributed by atoms with van der Waals surface area (Å²) in [6.07, 6.45) is 2.19. The second kappa shape index (κ2) is 9.23. The molecule has 33 heavy (non-hydrogen) atoms. The Morgan fingerprint density at radius 2 is 1.97 bits per heavy atom. The maximum absolute atomic E-state index is 12.6. The molecule has 0 fully saturated rings. The number of nitrogens with zero attached hydrogens (tertiary/aromatic N) is 1. The molecular formula is C24H19N3O6. The lowest BCUT2D eigenvalue weighted by molar-refractivity contribution is 0.0734. The number of phenols is 1. The van der Waals surface area contributed by atoms with E-state index < -0.39 is 12.1 Å². The maximum Gasteiger partial charge on any atom is 0.411 e. The van der Waals surface area contributed by atoms with Crippen LogP contribution in [0, 0.1) is 0 Å². The average molecular weight is 445 g/mol. The molecule has 0 aliphatic rings. The minimum Gasteiger partial charge on any atom is -0.506 e. The predicted octanol–water partition coefficient (Wildman–Crippen LogP) is 4.08. The molecule has 0 unspecified atom stereocenters. The summed E-state index contributed by atoms with van der Waals surface area (Å²) in [4.78, 5) is 44.0. The summed E-state index contributed by atoms with van der Waals surface area (Å²) < 4.78 is 10.4. The molecule has 0 aliphatic carbocycles. The molecule has 9 heteroatoms. The lowest BCUT2D eigenvalue weighted by Crippen LogP contribution is -2.15. The van der Waals surface area contributed by atoms with E-state index in [-0.39, 0.29) is 40.3 Å². The van der Waals surface area contributed by atoms with Crippen LogP contribution in [0.1, 0.15) is 17.3 Å². The van der Waals surface area contributed by atoms with Gasteiger partial charge in [-0.1, -0.05) is 6.07 Å². The predicted molar refractivity (Wildman–Crippen MR) is 122 cm³/mol. The first-order valence-corrected chi connectivity index (χ1v) is 10.0. The van der Waals surface area contributed by atoms with Crippen molar-refractivity contribution in [1.29, 1.82) is 0 Å². The van der Waals surface area contributed by atoms with Gasteiger partial charge in [-0.05, 0) is 43.3 Å². The van der Waals surface area contributed by atoms with Gasteiger partial charge in [0.25, 0.3) is 0 Å². The first-order valence-electron chi connectivity index (χ1n) is 10.0. The van der Waals surface area contributed by atoms with Crippen LogP contribution in [0.5, 0.6) is 11.5 Å². The number of carbonyl (C=O) groups excluding carboxylic acids is 2. The SMILES string of the molecule is CCOC(=O)Nc1cc(OC(=O)c2cccnc2)ccc1-c1cc(=O)c2cccc(O)c2[nH]1. The van der Waals surface area contributed by atoms with Crippen LogP contribution in [0.25, 0.3) is 22.2 Å².